The van der Waals surface area contributed by atoms with Crippen LogP contribution in [0.2, 0.25) is 0 Å². The van der Waals surface area contributed by atoms with E-state index in [1.54, 1.807) is 34.4 Å². The van der Waals surface area contributed by atoms with Gasteiger partial charge in [0.15, 0.2) is 5.82 Å². The van der Waals surface area contributed by atoms with Crippen molar-refractivity contribution < 1.29 is 43.2 Å². The molecule has 0 bridgehead atoms. The number of ether oxygens (including phenoxy) is 4. The quantitative estimate of drug-likeness (QED) is 0.0660. The number of rotatable bonds is 23. The fourth-order valence-electron chi connectivity index (χ4n) is 8.04. The minimum atomic E-state index is -0.850. The maximum atomic E-state index is 13.9. The van der Waals surface area contributed by atoms with Gasteiger partial charge in [-0.2, -0.15) is 0 Å². The molecule has 2 saturated heterocycles. The van der Waals surface area contributed by atoms with Crippen LogP contribution >= 0.6 is 11.3 Å². The minimum absolute atomic E-state index is 0.00710. The summed E-state index contributed by atoms with van der Waals surface area (Å²) in [6.07, 6.45) is 2.57. The summed E-state index contributed by atoms with van der Waals surface area (Å²) in [4.78, 5) is 62.1. The Morgan fingerprint density at radius 1 is 0.851 bits per heavy atom. The summed E-state index contributed by atoms with van der Waals surface area (Å²) in [5.41, 5.74) is 12.2. The van der Waals surface area contributed by atoms with Gasteiger partial charge in [0.25, 0.3) is 0 Å². The lowest BCUT2D eigenvalue weighted by molar-refractivity contribution is -0.144. The van der Waals surface area contributed by atoms with Crippen LogP contribution in [0.3, 0.4) is 0 Å². The van der Waals surface area contributed by atoms with Gasteiger partial charge in [-0.25, -0.2) is 4.98 Å². The fraction of sp³-hybridized carbons (Fsp3) is 0.521. The molecule has 0 radical (unpaired) electrons. The number of hydrogen-bond acceptors (Lipinski definition) is 15. The number of benzene rings is 2. The number of carbonyl (C=O) groups excluding carboxylic acids is 4. The van der Waals surface area contributed by atoms with Crippen LogP contribution < -0.4 is 26.6 Å². The van der Waals surface area contributed by atoms with Crippen LogP contribution in [0, 0.1) is 18.3 Å². The standard InChI is InChI=1S/C48H65N9O9S/c1-32-42(67-31-52-32)34-13-11-33(12-14-34)29-51-46(61)38-9-7-18-57(38)47(62)43(48(2,3)4)53-41(59)30-66-27-26-65-25-24-64-23-22-63-21-17-50-45(60)35-15-19-56(20-16-35)39-28-37(54-55-44(39)49)36-8-5-6-10-40(36)58/h5-6,8,10-14,28,31,35,38,43,58H,7,9,15-27,29-30H2,1-4H3,(H2,49,55)(H,50,60)(H,51,61)(H,53,59)/t38-,43+/m0/s1. The molecular weight excluding hydrogens is 879 g/mol. The van der Waals surface area contributed by atoms with Gasteiger partial charge in [-0.1, -0.05) is 57.2 Å². The smallest absolute Gasteiger partial charge is 0.246 e. The number of nitrogen functional groups attached to an aromatic ring is 1. The highest BCUT2D eigenvalue weighted by Crippen LogP contribution is 2.33. The number of aromatic hydroxyl groups is 1. The van der Waals surface area contributed by atoms with Crippen LogP contribution in [0.25, 0.3) is 21.7 Å². The zero-order valence-electron chi connectivity index (χ0n) is 39.0. The Balaban J connectivity index is 0.775. The number of carbonyl (C=O) groups is 4. The SMILES string of the molecule is Cc1ncsc1-c1ccc(CNC(=O)[C@@H]2CCCN2C(=O)[C@@H](NC(=O)COCCOCCOCCOCCNC(=O)C2CCN(c3cc(-c4ccccc4O)nnc3N)CC2)C(C)(C)C)cc1. The van der Waals surface area contributed by atoms with E-state index in [-0.39, 0.29) is 49.2 Å². The summed E-state index contributed by atoms with van der Waals surface area (Å²) in [5.74, 6) is -0.647. The average molecular weight is 944 g/mol. The van der Waals surface area contributed by atoms with Gasteiger partial charge in [0.05, 0.1) is 73.7 Å². The van der Waals surface area contributed by atoms with Gasteiger partial charge in [-0.05, 0) is 67.3 Å². The van der Waals surface area contributed by atoms with Crippen LogP contribution in [-0.2, 0) is 44.7 Å². The first-order valence-corrected chi connectivity index (χ1v) is 23.8. The van der Waals surface area contributed by atoms with Gasteiger partial charge in [0, 0.05) is 44.2 Å². The van der Waals surface area contributed by atoms with Crippen molar-refractivity contribution in [1.29, 1.82) is 0 Å². The van der Waals surface area contributed by atoms with E-state index in [0.29, 0.717) is 109 Å². The van der Waals surface area contributed by atoms with E-state index in [2.05, 4.69) is 36.0 Å². The van der Waals surface area contributed by atoms with Crippen LogP contribution in [0.1, 0.15) is 57.7 Å². The van der Waals surface area contributed by atoms with Gasteiger partial charge in [0.1, 0.15) is 24.4 Å². The summed E-state index contributed by atoms with van der Waals surface area (Å²) in [6, 6.07) is 15.3. The molecule has 2 aromatic carbocycles. The van der Waals surface area contributed by atoms with E-state index >= 15 is 0 Å². The molecule has 4 heterocycles. The summed E-state index contributed by atoms with van der Waals surface area (Å²) in [7, 11) is 0. The molecule has 67 heavy (non-hydrogen) atoms. The molecule has 2 fully saturated rings. The third kappa shape index (κ3) is 14.6. The Morgan fingerprint density at radius 3 is 2.18 bits per heavy atom. The van der Waals surface area contributed by atoms with Crippen LogP contribution in [0.5, 0.6) is 5.75 Å². The predicted octanol–water partition coefficient (Wildman–Crippen LogP) is 4.10. The Kier molecular flexibility index (Phi) is 18.8. The Hall–Kier alpha value is -5.73. The Morgan fingerprint density at radius 2 is 1.52 bits per heavy atom. The molecule has 2 aliphatic rings. The zero-order chi connectivity index (χ0) is 47.8. The van der Waals surface area contributed by atoms with Gasteiger partial charge >= 0.3 is 0 Å². The molecule has 4 amide bonds. The second kappa shape index (κ2) is 24.9. The molecule has 6 rings (SSSR count). The second-order valence-corrected chi connectivity index (χ2v) is 18.6. The van der Waals surface area contributed by atoms with E-state index in [1.165, 1.54) is 0 Å². The van der Waals surface area contributed by atoms with Crippen molar-refractivity contribution in [3.05, 3.63) is 71.4 Å². The van der Waals surface area contributed by atoms with Crippen molar-refractivity contribution in [2.45, 2.75) is 72.0 Å². The van der Waals surface area contributed by atoms with Crippen LogP contribution in [0.4, 0.5) is 11.5 Å². The summed E-state index contributed by atoms with van der Waals surface area (Å²) in [6.45, 7) is 12.0. The van der Waals surface area contributed by atoms with E-state index in [1.807, 2.05) is 69.6 Å². The van der Waals surface area contributed by atoms with Crippen molar-refractivity contribution in [2.75, 3.05) is 89.7 Å². The molecule has 0 spiro atoms. The highest BCUT2D eigenvalue weighted by Gasteiger charge is 2.42. The van der Waals surface area contributed by atoms with Crippen molar-refractivity contribution in [3.63, 3.8) is 0 Å². The summed E-state index contributed by atoms with van der Waals surface area (Å²) in [5, 5.41) is 27.3. The third-order valence-electron chi connectivity index (χ3n) is 11.8. The number of phenolic OH excluding ortho intramolecular Hbond substituents is 1. The molecule has 0 saturated carbocycles. The first-order chi connectivity index (χ1) is 32.3. The zero-order valence-corrected chi connectivity index (χ0v) is 39.8. The van der Waals surface area contributed by atoms with Gasteiger partial charge in [0.2, 0.25) is 23.6 Å². The van der Waals surface area contributed by atoms with Crippen molar-refractivity contribution in [1.82, 2.24) is 36.0 Å². The number of amides is 4. The van der Waals surface area contributed by atoms with Crippen LogP contribution in [0.15, 0.2) is 60.1 Å². The third-order valence-corrected chi connectivity index (χ3v) is 12.7. The van der Waals surface area contributed by atoms with Crippen molar-refractivity contribution in [3.8, 4) is 27.4 Å². The Bertz CT molecular complexity index is 2250. The molecule has 2 aliphatic heterocycles. The average Bonchev–Trinajstić information content (AvgIpc) is 4.00. The molecule has 6 N–H and O–H groups in total. The topological polar surface area (TPSA) is 233 Å². The molecule has 0 unspecified atom stereocenters. The number of phenols is 1. The number of aryl methyl sites for hydroxylation is 1. The van der Waals surface area contributed by atoms with Crippen molar-refractivity contribution in [2.24, 2.45) is 11.3 Å². The number of nitrogens with zero attached hydrogens (tertiary/aromatic N) is 5. The van der Waals surface area contributed by atoms with E-state index in [4.69, 9.17) is 24.7 Å². The second-order valence-electron chi connectivity index (χ2n) is 17.7. The van der Waals surface area contributed by atoms with Crippen molar-refractivity contribution >= 4 is 46.5 Å². The lowest BCUT2D eigenvalue weighted by Gasteiger charge is -2.35. The highest BCUT2D eigenvalue weighted by atomic mass is 32.1. The van der Waals surface area contributed by atoms with Crippen LogP contribution in [-0.4, -0.2) is 140 Å². The normalized spacial score (nSPS) is 15.9. The van der Waals surface area contributed by atoms with E-state index < -0.39 is 23.4 Å². The number of likely N-dealkylation sites (tertiary alicyclic amines) is 1. The summed E-state index contributed by atoms with van der Waals surface area (Å²) >= 11 is 1.59. The fourth-order valence-corrected chi connectivity index (χ4v) is 8.86. The highest BCUT2D eigenvalue weighted by molar-refractivity contribution is 7.13. The Labute approximate surface area is 396 Å². The number of hydrogen-bond donors (Lipinski definition) is 5. The number of anilines is 2. The lowest BCUT2D eigenvalue weighted by atomic mass is 9.85. The molecule has 2 aromatic heterocycles. The number of nitrogens with one attached hydrogen (secondary N) is 3. The van der Waals surface area contributed by atoms with E-state index in [0.717, 1.165) is 27.4 Å². The predicted molar refractivity (Wildman–Crippen MR) is 255 cm³/mol. The number of thiazole rings is 1. The van der Waals surface area contributed by atoms with Gasteiger partial charge < -0.3 is 55.5 Å². The molecule has 362 valence electrons. The number of para-hydroxylation sites is 1. The van der Waals surface area contributed by atoms with Gasteiger partial charge in [-0.15, -0.1) is 21.5 Å². The maximum Gasteiger partial charge on any atom is 0.246 e. The number of piperidine rings is 1. The number of nitrogens with two attached hydrogens (primary N) is 1. The summed E-state index contributed by atoms with van der Waals surface area (Å²) < 4.78 is 22.3. The molecule has 4 aromatic rings. The minimum Gasteiger partial charge on any atom is -0.507 e. The first-order valence-electron chi connectivity index (χ1n) is 22.9. The molecule has 18 nitrogen and oxygen atoms in total. The molecular formula is C48H65N9O9S. The molecule has 2 atom stereocenters. The monoisotopic (exact) mass is 943 g/mol. The lowest BCUT2D eigenvalue weighted by Crippen LogP contribution is -2.58. The molecule has 0 aliphatic carbocycles. The largest absolute Gasteiger partial charge is 0.507 e. The van der Waals surface area contributed by atoms with E-state index in [9.17, 15) is 24.3 Å². The number of aromatic nitrogens is 3. The van der Waals surface area contributed by atoms with Gasteiger partial charge in [-0.3, -0.25) is 19.2 Å². The maximum absolute atomic E-state index is 13.9. The molecule has 19 heteroatoms. The first kappa shape index (κ1) is 50.7.